The van der Waals surface area contributed by atoms with Gasteiger partial charge in [-0.2, -0.15) is 13.2 Å². The Morgan fingerprint density at radius 2 is 1.53 bits per heavy atom. The number of rotatable bonds is 4. The number of hydrogen-bond acceptors (Lipinski definition) is 3. The van der Waals surface area contributed by atoms with Crippen LogP contribution < -0.4 is 0 Å². The summed E-state index contributed by atoms with van der Waals surface area (Å²) in [5.74, 6) is -0.704. The fourth-order valence-corrected chi connectivity index (χ4v) is 4.69. The topological polar surface area (TPSA) is 49.9 Å². The summed E-state index contributed by atoms with van der Waals surface area (Å²) in [7, 11) is 0. The zero-order chi connectivity index (χ0) is 24.3. The molecule has 0 atom stereocenters. The van der Waals surface area contributed by atoms with Crippen LogP contribution in [-0.4, -0.2) is 61.0 Å². The van der Waals surface area contributed by atoms with Gasteiger partial charge in [0.15, 0.2) is 0 Å². The quantitative estimate of drug-likeness (QED) is 0.629. The molecule has 2 aromatic rings. The van der Waals surface area contributed by atoms with Crippen LogP contribution in [0.15, 0.2) is 48.5 Å². The molecule has 0 radical (unpaired) electrons. The van der Waals surface area contributed by atoms with Crippen LogP contribution >= 0.6 is 0 Å². The minimum absolute atomic E-state index is 0.114. The van der Waals surface area contributed by atoms with E-state index in [2.05, 4.69) is 0 Å². The number of carbonyl (C=O) groups is 2. The number of amides is 2. The Hall–Kier alpha value is -2.94. The molecule has 2 aliphatic rings. The Labute approximate surface area is 195 Å². The first-order valence-electron chi connectivity index (χ1n) is 11.3. The van der Waals surface area contributed by atoms with Gasteiger partial charge in [0, 0.05) is 39.4 Å². The van der Waals surface area contributed by atoms with Crippen LogP contribution in [0.4, 0.5) is 17.6 Å². The van der Waals surface area contributed by atoms with Gasteiger partial charge in [0.2, 0.25) is 11.8 Å². The normalized spacial score (nSPS) is 18.6. The molecule has 0 saturated carbocycles. The smallest absolute Gasteiger partial charge is 0.381 e. The van der Waals surface area contributed by atoms with Gasteiger partial charge in [0.1, 0.15) is 5.82 Å². The number of benzene rings is 2. The van der Waals surface area contributed by atoms with Crippen LogP contribution in [-0.2, 0) is 32.3 Å². The lowest BCUT2D eigenvalue weighted by Crippen LogP contribution is -2.57. The lowest BCUT2D eigenvalue weighted by atomic mass is 9.72. The molecule has 0 spiro atoms. The van der Waals surface area contributed by atoms with Gasteiger partial charge in [-0.15, -0.1) is 0 Å². The second-order valence-corrected chi connectivity index (χ2v) is 8.75. The highest BCUT2D eigenvalue weighted by Gasteiger charge is 2.45. The third-order valence-corrected chi connectivity index (χ3v) is 6.69. The zero-order valence-electron chi connectivity index (χ0n) is 18.6. The van der Waals surface area contributed by atoms with E-state index >= 15 is 0 Å². The first-order chi connectivity index (χ1) is 16.2. The van der Waals surface area contributed by atoms with E-state index in [0.29, 0.717) is 50.1 Å². The Morgan fingerprint density at radius 1 is 0.912 bits per heavy atom. The zero-order valence-corrected chi connectivity index (χ0v) is 18.6. The summed E-state index contributed by atoms with van der Waals surface area (Å²) in [6, 6.07) is 10.8. The summed E-state index contributed by atoms with van der Waals surface area (Å²) in [6.07, 6.45) is -3.75. The molecule has 9 heteroatoms. The van der Waals surface area contributed by atoms with Gasteiger partial charge >= 0.3 is 6.18 Å². The summed E-state index contributed by atoms with van der Waals surface area (Å²) in [5, 5.41) is 0. The summed E-state index contributed by atoms with van der Waals surface area (Å²) >= 11 is 0. The lowest BCUT2D eigenvalue weighted by Gasteiger charge is -2.43. The molecule has 0 aliphatic carbocycles. The van der Waals surface area contributed by atoms with Crippen molar-refractivity contribution in [3.05, 3.63) is 71.0 Å². The minimum atomic E-state index is -4.50. The van der Waals surface area contributed by atoms with Gasteiger partial charge in [0.05, 0.1) is 17.4 Å². The van der Waals surface area contributed by atoms with Gasteiger partial charge in [-0.3, -0.25) is 9.59 Å². The molecule has 4 rings (SSSR count). The highest BCUT2D eigenvalue weighted by atomic mass is 19.4. The van der Waals surface area contributed by atoms with Crippen LogP contribution in [0.2, 0.25) is 0 Å². The number of carbonyl (C=O) groups excluding carboxylic acids is 2. The summed E-state index contributed by atoms with van der Waals surface area (Å²) in [5.41, 5.74) is -0.805. The molecule has 2 aromatic carbocycles. The van der Waals surface area contributed by atoms with Gasteiger partial charge in [0.25, 0.3) is 0 Å². The number of nitrogens with zero attached hydrogens (tertiary/aromatic N) is 2. The molecule has 2 amide bonds. The van der Waals surface area contributed by atoms with Crippen molar-refractivity contribution in [1.29, 1.82) is 0 Å². The molecule has 0 unspecified atom stereocenters. The predicted molar refractivity (Wildman–Crippen MR) is 116 cm³/mol. The van der Waals surface area contributed by atoms with Gasteiger partial charge in [-0.05, 0) is 42.2 Å². The van der Waals surface area contributed by atoms with E-state index in [1.54, 1.807) is 28.0 Å². The first kappa shape index (κ1) is 24.2. The van der Waals surface area contributed by atoms with Crippen molar-refractivity contribution in [1.82, 2.24) is 9.80 Å². The highest BCUT2D eigenvalue weighted by Crippen LogP contribution is 2.39. The fourth-order valence-electron chi connectivity index (χ4n) is 4.69. The molecule has 2 aliphatic heterocycles. The van der Waals surface area contributed by atoms with Crippen LogP contribution in [0.25, 0.3) is 0 Å². The van der Waals surface area contributed by atoms with E-state index < -0.39 is 17.2 Å². The molecule has 0 N–H and O–H groups in total. The average Bonchev–Trinajstić information content (AvgIpc) is 2.85. The molecule has 182 valence electrons. The Balaban J connectivity index is 1.46. The van der Waals surface area contributed by atoms with E-state index in [1.165, 1.54) is 18.2 Å². The van der Waals surface area contributed by atoms with Crippen molar-refractivity contribution in [3.8, 4) is 0 Å². The van der Waals surface area contributed by atoms with E-state index in [4.69, 9.17) is 4.74 Å². The van der Waals surface area contributed by atoms with Crippen molar-refractivity contribution >= 4 is 11.8 Å². The molecular weight excluding hydrogens is 452 g/mol. The Kier molecular flexibility index (Phi) is 6.93. The maximum Gasteiger partial charge on any atom is 0.416 e. The molecule has 5 nitrogen and oxygen atoms in total. The second kappa shape index (κ2) is 9.74. The highest BCUT2D eigenvalue weighted by molar-refractivity contribution is 5.89. The van der Waals surface area contributed by atoms with Crippen molar-refractivity contribution in [3.63, 3.8) is 0 Å². The van der Waals surface area contributed by atoms with E-state index in [1.807, 2.05) is 0 Å². The molecule has 2 heterocycles. The second-order valence-electron chi connectivity index (χ2n) is 8.75. The maximum absolute atomic E-state index is 13.7. The largest absolute Gasteiger partial charge is 0.416 e. The van der Waals surface area contributed by atoms with Crippen LogP contribution in [0.3, 0.4) is 0 Å². The summed E-state index contributed by atoms with van der Waals surface area (Å²) in [4.78, 5) is 29.6. The monoisotopic (exact) mass is 478 g/mol. The fraction of sp³-hybridized carbons (Fsp3) is 0.440. The SMILES string of the molecule is O=C(Cc1ccc(F)cc1)N1CCN(C(=O)C2(c3cccc(C(F)(F)F)c3)CCOCC2)CC1. The maximum atomic E-state index is 13.7. The lowest BCUT2D eigenvalue weighted by molar-refractivity contribution is -0.146. The Bertz CT molecular complexity index is 1030. The third-order valence-electron chi connectivity index (χ3n) is 6.69. The first-order valence-corrected chi connectivity index (χ1v) is 11.3. The van der Waals surface area contributed by atoms with Crippen LogP contribution in [0, 0.1) is 5.82 Å². The van der Waals surface area contributed by atoms with E-state index in [0.717, 1.165) is 12.1 Å². The number of alkyl halides is 3. The average molecular weight is 478 g/mol. The molecule has 34 heavy (non-hydrogen) atoms. The van der Waals surface area contributed by atoms with Gasteiger partial charge < -0.3 is 14.5 Å². The molecule has 0 bridgehead atoms. The number of halogens is 4. The van der Waals surface area contributed by atoms with Crippen molar-refractivity contribution < 1.29 is 31.9 Å². The summed E-state index contributed by atoms with van der Waals surface area (Å²) < 4.78 is 58.5. The number of ether oxygens (including phenoxy) is 1. The predicted octanol–water partition coefficient (Wildman–Crippen LogP) is 3.81. The summed E-state index contributed by atoms with van der Waals surface area (Å²) in [6.45, 7) is 1.85. The standard InChI is InChI=1S/C25H26F4N2O3/c26-21-6-4-18(5-7-21)16-22(32)30-10-12-31(13-11-30)23(33)24(8-14-34-15-9-24)19-2-1-3-20(17-19)25(27,28)29/h1-7,17H,8-16H2. The van der Waals surface area contributed by atoms with Crippen LogP contribution in [0.5, 0.6) is 0 Å². The molecule has 0 aromatic heterocycles. The van der Waals surface area contributed by atoms with E-state index in [9.17, 15) is 27.2 Å². The van der Waals surface area contributed by atoms with Crippen molar-refractivity contribution in [2.24, 2.45) is 0 Å². The number of piperazine rings is 1. The van der Waals surface area contributed by atoms with E-state index in [-0.39, 0.29) is 37.3 Å². The van der Waals surface area contributed by atoms with Gasteiger partial charge in [-0.25, -0.2) is 4.39 Å². The number of hydrogen-bond donors (Lipinski definition) is 0. The molecule has 2 saturated heterocycles. The minimum Gasteiger partial charge on any atom is -0.381 e. The van der Waals surface area contributed by atoms with Crippen LogP contribution in [0.1, 0.15) is 29.5 Å². The molecule has 2 fully saturated rings. The third kappa shape index (κ3) is 5.09. The Morgan fingerprint density at radius 3 is 2.15 bits per heavy atom. The molecular formula is C25H26F4N2O3. The van der Waals surface area contributed by atoms with Crippen molar-refractivity contribution in [2.75, 3.05) is 39.4 Å². The van der Waals surface area contributed by atoms with Crippen molar-refractivity contribution in [2.45, 2.75) is 30.9 Å². The van der Waals surface area contributed by atoms with Gasteiger partial charge in [-0.1, -0.05) is 30.3 Å².